The number of rotatable bonds is 6. The molecule has 0 radical (unpaired) electrons. The van der Waals surface area contributed by atoms with Crippen LogP contribution in [-0.4, -0.2) is 13.2 Å². The van der Waals surface area contributed by atoms with Crippen LogP contribution in [0.15, 0.2) is 54.6 Å². The summed E-state index contributed by atoms with van der Waals surface area (Å²) >= 11 is 0. The minimum absolute atomic E-state index is 0.336. The Morgan fingerprint density at radius 1 is 1.05 bits per heavy atom. The molecule has 1 atom stereocenters. The van der Waals surface area contributed by atoms with Crippen molar-refractivity contribution >= 4 is 0 Å². The fourth-order valence-corrected chi connectivity index (χ4v) is 2.26. The molecule has 0 aliphatic carbocycles. The molecular weight excluding hydrogens is 234 g/mol. The van der Waals surface area contributed by atoms with Gasteiger partial charge in [-0.3, -0.25) is 0 Å². The van der Waals surface area contributed by atoms with Crippen molar-refractivity contribution in [1.82, 2.24) is 0 Å². The first-order valence-electron chi connectivity index (χ1n) is 6.80. The Balaban J connectivity index is 2.15. The number of ether oxygens (including phenoxy) is 1. The smallest absolute Gasteiger partial charge is 0.119 e. The fraction of sp³-hybridized carbons (Fsp3) is 0.294. The van der Waals surface area contributed by atoms with Crippen LogP contribution in [0, 0.1) is 0 Å². The lowest BCUT2D eigenvalue weighted by molar-refractivity contribution is 0.339. The molecule has 0 fully saturated rings. The molecule has 0 heterocycles. The molecule has 1 unspecified atom stereocenters. The largest absolute Gasteiger partial charge is 0.494 e. The van der Waals surface area contributed by atoms with Crippen molar-refractivity contribution in [2.45, 2.75) is 19.3 Å². The second-order valence-corrected chi connectivity index (χ2v) is 4.63. The molecule has 100 valence electrons. The van der Waals surface area contributed by atoms with E-state index in [1.807, 2.05) is 25.1 Å². The molecule has 0 saturated carbocycles. The first kappa shape index (κ1) is 13.6. The predicted molar refractivity (Wildman–Crippen MR) is 79.6 cm³/mol. The van der Waals surface area contributed by atoms with Crippen LogP contribution < -0.4 is 10.5 Å². The van der Waals surface area contributed by atoms with Gasteiger partial charge in [0, 0.05) is 5.92 Å². The van der Waals surface area contributed by atoms with E-state index in [0.717, 1.165) is 12.2 Å². The van der Waals surface area contributed by atoms with Gasteiger partial charge in [0.2, 0.25) is 0 Å². The van der Waals surface area contributed by atoms with E-state index in [4.69, 9.17) is 10.5 Å². The third kappa shape index (κ3) is 3.83. The van der Waals surface area contributed by atoms with E-state index in [9.17, 15) is 0 Å². The Labute approximate surface area is 115 Å². The molecular formula is C17H21NO. The molecule has 2 aromatic rings. The van der Waals surface area contributed by atoms with E-state index in [1.165, 1.54) is 11.1 Å². The molecule has 0 spiro atoms. The van der Waals surface area contributed by atoms with E-state index in [1.54, 1.807) is 0 Å². The first-order chi connectivity index (χ1) is 9.33. The summed E-state index contributed by atoms with van der Waals surface area (Å²) in [6.45, 7) is 3.33. The molecule has 2 N–H and O–H groups in total. The van der Waals surface area contributed by atoms with Crippen LogP contribution in [0.5, 0.6) is 5.75 Å². The van der Waals surface area contributed by atoms with Gasteiger partial charge >= 0.3 is 0 Å². The van der Waals surface area contributed by atoms with Gasteiger partial charge in [-0.2, -0.15) is 0 Å². The molecule has 2 heteroatoms. The lowest BCUT2D eigenvalue weighted by Gasteiger charge is -2.16. The molecule has 0 bridgehead atoms. The van der Waals surface area contributed by atoms with Crippen LogP contribution in [-0.2, 0) is 6.42 Å². The normalized spacial score (nSPS) is 12.1. The maximum Gasteiger partial charge on any atom is 0.119 e. The van der Waals surface area contributed by atoms with Crippen molar-refractivity contribution < 1.29 is 4.74 Å². The van der Waals surface area contributed by atoms with E-state index >= 15 is 0 Å². The van der Waals surface area contributed by atoms with Crippen LogP contribution in [0.4, 0.5) is 0 Å². The third-order valence-corrected chi connectivity index (χ3v) is 3.25. The number of benzene rings is 2. The van der Waals surface area contributed by atoms with Gasteiger partial charge < -0.3 is 10.5 Å². The van der Waals surface area contributed by atoms with E-state index in [-0.39, 0.29) is 0 Å². The average molecular weight is 255 g/mol. The summed E-state index contributed by atoms with van der Waals surface area (Å²) in [5, 5.41) is 0. The standard InChI is InChI=1S/C17H21NO/c1-2-19-17-10-6-9-15(12-17)16(13-18)11-14-7-4-3-5-8-14/h3-10,12,16H,2,11,13,18H2,1H3. The maximum absolute atomic E-state index is 5.94. The number of nitrogens with two attached hydrogens (primary N) is 1. The van der Waals surface area contributed by atoms with Gasteiger partial charge in [-0.25, -0.2) is 0 Å². The topological polar surface area (TPSA) is 35.2 Å². The van der Waals surface area contributed by atoms with Gasteiger partial charge in [0.1, 0.15) is 5.75 Å². The second kappa shape index (κ2) is 6.95. The zero-order valence-electron chi connectivity index (χ0n) is 11.4. The molecule has 0 aliphatic heterocycles. The Morgan fingerprint density at radius 3 is 2.53 bits per heavy atom. The maximum atomic E-state index is 5.94. The van der Waals surface area contributed by atoms with Gasteiger partial charge in [0.15, 0.2) is 0 Å². The lowest BCUT2D eigenvalue weighted by Crippen LogP contribution is -2.15. The molecule has 0 saturated heterocycles. The molecule has 2 rings (SSSR count). The average Bonchev–Trinajstić information content (AvgIpc) is 2.46. The summed E-state index contributed by atoms with van der Waals surface area (Å²) < 4.78 is 5.55. The molecule has 0 amide bonds. The first-order valence-corrected chi connectivity index (χ1v) is 6.80. The summed E-state index contributed by atoms with van der Waals surface area (Å²) in [6.07, 6.45) is 0.965. The minimum Gasteiger partial charge on any atom is -0.494 e. The number of hydrogen-bond acceptors (Lipinski definition) is 2. The van der Waals surface area contributed by atoms with Crippen molar-refractivity contribution in [2.75, 3.05) is 13.2 Å². The highest BCUT2D eigenvalue weighted by Gasteiger charge is 2.11. The van der Waals surface area contributed by atoms with Crippen LogP contribution >= 0.6 is 0 Å². The van der Waals surface area contributed by atoms with Crippen LogP contribution in [0.25, 0.3) is 0 Å². The number of hydrogen-bond donors (Lipinski definition) is 1. The van der Waals surface area contributed by atoms with Crippen molar-refractivity contribution in [1.29, 1.82) is 0 Å². The van der Waals surface area contributed by atoms with E-state index < -0.39 is 0 Å². The van der Waals surface area contributed by atoms with Gasteiger partial charge in [-0.15, -0.1) is 0 Å². The molecule has 0 aliphatic rings. The summed E-state index contributed by atoms with van der Waals surface area (Å²) in [5.41, 5.74) is 8.50. The van der Waals surface area contributed by atoms with Crippen LogP contribution in [0.3, 0.4) is 0 Å². The SMILES string of the molecule is CCOc1cccc(C(CN)Cc2ccccc2)c1. The fourth-order valence-electron chi connectivity index (χ4n) is 2.26. The van der Waals surface area contributed by atoms with Crippen molar-refractivity contribution in [2.24, 2.45) is 5.73 Å². The van der Waals surface area contributed by atoms with Crippen molar-refractivity contribution in [3.63, 3.8) is 0 Å². The molecule has 2 nitrogen and oxygen atoms in total. The summed E-state index contributed by atoms with van der Waals surface area (Å²) in [5.74, 6) is 1.26. The Hall–Kier alpha value is -1.80. The van der Waals surface area contributed by atoms with Crippen molar-refractivity contribution in [3.05, 3.63) is 65.7 Å². The quantitative estimate of drug-likeness (QED) is 0.859. The Morgan fingerprint density at radius 2 is 1.84 bits per heavy atom. The second-order valence-electron chi connectivity index (χ2n) is 4.63. The van der Waals surface area contributed by atoms with Crippen LogP contribution in [0.1, 0.15) is 24.0 Å². The van der Waals surface area contributed by atoms with Gasteiger partial charge in [0.05, 0.1) is 6.61 Å². The van der Waals surface area contributed by atoms with E-state index in [2.05, 4.69) is 36.4 Å². The monoisotopic (exact) mass is 255 g/mol. The van der Waals surface area contributed by atoms with Crippen molar-refractivity contribution in [3.8, 4) is 5.75 Å². The summed E-state index contributed by atoms with van der Waals surface area (Å²) in [6, 6.07) is 18.7. The molecule has 19 heavy (non-hydrogen) atoms. The predicted octanol–water partition coefficient (Wildman–Crippen LogP) is 3.37. The van der Waals surface area contributed by atoms with Gasteiger partial charge in [-0.1, -0.05) is 42.5 Å². The highest BCUT2D eigenvalue weighted by molar-refractivity contribution is 5.32. The zero-order valence-corrected chi connectivity index (χ0v) is 11.4. The van der Waals surface area contributed by atoms with Crippen LogP contribution in [0.2, 0.25) is 0 Å². The summed E-state index contributed by atoms with van der Waals surface area (Å²) in [7, 11) is 0. The summed E-state index contributed by atoms with van der Waals surface area (Å²) in [4.78, 5) is 0. The highest BCUT2D eigenvalue weighted by Crippen LogP contribution is 2.23. The minimum atomic E-state index is 0.336. The third-order valence-electron chi connectivity index (χ3n) is 3.25. The highest BCUT2D eigenvalue weighted by atomic mass is 16.5. The Kier molecular flexibility index (Phi) is 4.99. The molecule has 0 aromatic heterocycles. The van der Waals surface area contributed by atoms with Gasteiger partial charge in [0.25, 0.3) is 0 Å². The lowest BCUT2D eigenvalue weighted by atomic mass is 9.92. The van der Waals surface area contributed by atoms with Gasteiger partial charge in [-0.05, 0) is 43.1 Å². The molecule has 2 aromatic carbocycles. The zero-order chi connectivity index (χ0) is 13.5. The van der Waals surface area contributed by atoms with E-state index in [0.29, 0.717) is 19.1 Å². The Bertz CT molecular complexity index is 496.